The fraction of sp³-hybridized carbons (Fsp3) is 0.450. The predicted molar refractivity (Wildman–Crippen MR) is 91.5 cm³/mol. The van der Waals surface area contributed by atoms with Crippen LogP contribution in [0.15, 0.2) is 42.6 Å². The molecule has 3 heterocycles. The van der Waals surface area contributed by atoms with Crippen molar-refractivity contribution in [3.63, 3.8) is 0 Å². The normalized spacial score (nSPS) is 25.1. The predicted octanol–water partition coefficient (Wildman–Crippen LogP) is 3.52. The van der Waals surface area contributed by atoms with Crippen LogP contribution >= 0.6 is 0 Å². The summed E-state index contributed by atoms with van der Waals surface area (Å²) in [7, 11) is 0. The quantitative estimate of drug-likeness (QED) is 0.849. The molecule has 23 heavy (non-hydrogen) atoms. The summed E-state index contributed by atoms with van der Waals surface area (Å²) in [5, 5.41) is 0. The lowest BCUT2D eigenvalue weighted by molar-refractivity contribution is 0.123. The van der Waals surface area contributed by atoms with Gasteiger partial charge < -0.3 is 4.74 Å². The van der Waals surface area contributed by atoms with E-state index >= 15 is 0 Å². The van der Waals surface area contributed by atoms with Gasteiger partial charge in [-0.05, 0) is 61.6 Å². The highest BCUT2D eigenvalue weighted by Crippen LogP contribution is 2.37. The largest absolute Gasteiger partial charge is 0.380 e. The van der Waals surface area contributed by atoms with Crippen LogP contribution in [0.4, 0.5) is 0 Å². The first-order chi connectivity index (χ1) is 11.3. The minimum atomic E-state index is 0.321. The Bertz CT molecular complexity index is 679. The minimum absolute atomic E-state index is 0.321. The molecule has 2 aliphatic heterocycles. The van der Waals surface area contributed by atoms with E-state index < -0.39 is 0 Å². The van der Waals surface area contributed by atoms with Crippen LogP contribution in [0.25, 0.3) is 0 Å². The number of fused-ring (bicyclic) bond motifs is 1. The van der Waals surface area contributed by atoms with Crippen molar-refractivity contribution in [3.8, 4) is 0 Å². The van der Waals surface area contributed by atoms with Gasteiger partial charge in [0.25, 0.3) is 0 Å². The summed E-state index contributed by atoms with van der Waals surface area (Å²) in [6, 6.07) is 14.2. The zero-order valence-electron chi connectivity index (χ0n) is 13.7. The van der Waals surface area contributed by atoms with E-state index in [0.29, 0.717) is 12.1 Å². The van der Waals surface area contributed by atoms with E-state index in [9.17, 15) is 0 Å². The highest BCUT2D eigenvalue weighted by molar-refractivity contribution is 5.39. The van der Waals surface area contributed by atoms with E-state index in [1.54, 1.807) is 0 Å². The molecule has 3 nitrogen and oxygen atoms in total. The second kappa shape index (κ2) is 6.42. The number of hydrogen-bond acceptors (Lipinski definition) is 3. The van der Waals surface area contributed by atoms with Gasteiger partial charge in [-0.25, -0.2) is 0 Å². The van der Waals surface area contributed by atoms with Crippen LogP contribution in [0, 0.1) is 6.92 Å². The number of ether oxygens (including phenoxy) is 1. The van der Waals surface area contributed by atoms with Crippen LogP contribution in [0.3, 0.4) is 0 Å². The van der Waals surface area contributed by atoms with Crippen molar-refractivity contribution in [2.45, 2.75) is 38.3 Å². The van der Waals surface area contributed by atoms with E-state index in [1.807, 2.05) is 6.20 Å². The third kappa shape index (κ3) is 2.91. The average Bonchev–Trinajstić information content (AvgIpc) is 3.02. The molecule has 0 radical (unpaired) electrons. The Hall–Kier alpha value is -1.71. The number of rotatable bonds is 2. The zero-order valence-corrected chi connectivity index (χ0v) is 13.7. The van der Waals surface area contributed by atoms with E-state index in [4.69, 9.17) is 4.74 Å². The molecule has 0 saturated carbocycles. The van der Waals surface area contributed by atoms with E-state index in [-0.39, 0.29) is 0 Å². The molecule has 1 saturated heterocycles. The third-order valence-corrected chi connectivity index (χ3v) is 5.15. The topological polar surface area (TPSA) is 25.4 Å². The number of aromatic nitrogens is 1. The Morgan fingerprint density at radius 3 is 2.96 bits per heavy atom. The summed E-state index contributed by atoms with van der Waals surface area (Å²) in [5.41, 5.74) is 5.40. The van der Waals surface area contributed by atoms with Gasteiger partial charge in [0.15, 0.2) is 0 Å². The van der Waals surface area contributed by atoms with Crippen molar-refractivity contribution in [1.29, 1.82) is 0 Å². The monoisotopic (exact) mass is 308 g/mol. The third-order valence-electron chi connectivity index (χ3n) is 5.15. The molecular formula is C20H24N2O. The van der Waals surface area contributed by atoms with Crippen molar-refractivity contribution >= 4 is 0 Å². The molecule has 1 aromatic carbocycles. The van der Waals surface area contributed by atoms with Crippen molar-refractivity contribution < 1.29 is 4.74 Å². The Morgan fingerprint density at radius 1 is 1.22 bits per heavy atom. The molecule has 2 aliphatic rings. The lowest BCUT2D eigenvalue weighted by Gasteiger charge is -2.35. The zero-order chi connectivity index (χ0) is 15.6. The van der Waals surface area contributed by atoms with Gasteiger partial charge >= 0.3 is 0 Å². The maximum atomic E-state index is 5.69. The van der Waals surface area contributed by atoms with Gasteiger partial charge in [-0.15, -0.1) is 0 Å². The summed E-state index contributed by atoms with van der Waals surface area (Å²) < 4.78 is 5.69. The second-order valence-electron chi connectivity index (χ2n) is 6.69. The molecule has 0 amide bonds. The van der Waals surface area contributed by atoms with Crippen molar-refractivity contribution in [3.05, 3.63) is 65.0 Å². The fourth-order valence-electron chi connectivity index (χ4n) is 4.07. The summed E-state index contributed by atoms with van der Waals surface area (Å²) in [5.74, 6) is 0. The number of benzene rings is 1. The van der Waals surface area contributed by atoms with Gasteiger partial charge in [-0.1, -0.05) is 24.3 Å². The van der Waals surface area contributed by atoms with Gasteiger partial charge in [0.05, 0.1) is 12.6 Å². The fourth-order valence-corrected chi connectivity index (χ4v) is 4.07. The lowest BCUT2D eigenvalue weighted by atomic mass is 9.92. The maximum Gasteiger partial charge on any atom is 0.0623 e. The Kier molecular flexibility index (Phi) is 4.15. The number of nitrogens with zero attached hydrogens (tertiary/aromatic N) is 2. The van der Waals surface area contributed by atoms with Gasteiger partial charge in [0.2, 0.25) is 0 Å². The van der Waals surface area contributed by atoms with Crippen LogP contribution in [0.2, 0.25) is 0 Å². The van der Waals surface area contributed by atoms with Crippen LogP contribution < -0.4 is 0 Å². The number of hydrogen-bond donors (Lipinski definition) is 0. The molecule has 2 unspecified atom stereocenters. The van der Waals surface area contributed by atoms with Gasteiger partial charge in [0, 0.05) is 24.5 Å². The molecule has 4 rings (SSSR count). The second-order valence-corrected chi connectivity index (χ2v) is 6.69. The Balaban J connectivity index is 1.82. The summed E-state index contributed by atoms with van der Waals surface area (Å²) >= 11 is 0. The molecule has 0 N–H and O–H groups in total. The standard InChI is InChI=1S/C20H24N2O/c1-15-13-17(8-10-21-15)20-19-7-3-2-5-16(19)6-4-11-22(20)18-9-12-23-14-18/h2-3,5,7-8,10,13,18,20H,4,6,9,11-12,14H2,1H3. The van der Waals surface area contributed by atoms with Crippen LogP contribution in [0.5, 0.6) is 0 Å². The van der Waals surface area contributed by atoms with Crippen LogP contribution in [-0.4, -0.2) is 35.7 Å². The molecule has 0 spiro atoms. The molecule has 1 aromatic heterocycles. The van der Waals surface area contributed by atoms with Crippen LogP contribution in [0.1, 0.15) is 41.3 Å². The van der Waals surface area contributed by atoms with Gasteiger partial charge in [-0.3, -0.25) is 9.88 Å². The van der Waals surface area contributed by atoms with Crippen molar-refractivity contribution in [2.75, 3.05) is 19.8 Å². The highest BCUT2D eigenvalue weighted by Gasteiger charge is 2.33. The molecule has 2 aromatic rings. The van der Waals surface area contributed by atoms with E-state index in [2.05, 4.69) is 53.2 Å². The van der Waals surface area contributed by atoms with Crippen molar-refractivity contribution in [1.82, 2.24) is 9.88 Å². The lowest BCUT2D eigenvalue weighted by Crippen LogP contribution is -2.39. The van der Waals surface area contributed by atoms with Crippen LogP contribution in [-0.2, 0) is 11.2 Å². The minimum Gasteiger partial charge on any atom is -0.380 e. The first-order valence-corrected chi connectivity index (χ1v) is 8.67. The van der Waals surface area contributed by atoms with Gasteiger partial charge in [0.1, 0.15) is 0 Å². The molecular weight excluding hydrogens is 284 g/mol. The van der Waals surface area contributed by atoms with Crippen molar-refractivity contribution in [2.24, 2.45) is 0 Å². The first-order valence-electron chi connectivity index (χ1n) is 8.67. The smallest absolute Gasteiger partial charge is 0.0623 e. The number of aryl methyl sites for hydroxylation is 2. The summed E-state index contributed by atoms with van der Waals surface area (Å²) in [6.45, 7) is 4.97. The number of pyridine rings is 1. The summed E-state index contributed by atoms with van der Waals surface area (Å²) in [4.78, 5) is 7.07. The molecule has 2 atom stereocenters. The van der Waals surface area contributed by atoms with Gasteiger partial charge in [-0.2, -0.15) is 0 Å². The maximum absolute atomic E-state index is 5.69. The molecule has 0 aliphatic carbocycles. The first kappa shape index (κ1) is 14.9. The Morgan fingerprint density at radius 2 is 2.13 bits per heavy atom. The van der Waals surface area contributed by atoms with E-state index in [0.717, 1.165) is 31.9 Å². The molecule has 1 fully saturated rings. The average molecular weight is 308 g/mol. The van der Waals surface area contributed by atoms with E-state index in [1.165, 1.54) is 29.5 Å². The molecule has 0 bridgehead atoms. The summed E-state index contributed by atoms with van der Waals surface area (Å²) in [6.07, 6.45) is 5.47. The molecule has 3 heteroatoms. The highest BCUT2D eigenvalue weighted by atomic mass is 16.5. The SMILES string of the molecule is Cc1cc(C2c3ccccc3CCCN2C2CCOC2)ccn1. The molecule has 120 valence electrons. The Labute approximate surface area is 138 Å².